The van der Waals surface area contributed by atoms with Crippen molar-refractivity contribution in [3.8, 4) is 0 Å². The fourth-order valence-corrected chi connectivity index (χ4v) is 8.84. The topological polar surface area (TPSA) is 276 Å². The summed E-state index contributed by atoms with van der Waals surface area (Å²) in [4.78, 5) is 54.4. The number of carbonyl (C=O) groups excluding carboxylic acids is 2. The van der Waals surface area contributed by atoms with Crippen LogP contribution in [0.1, 0.15) is 174 Å². The van der Waals surface area contributed by atoms with Crippen molar-refractivity contribution in [1.29, 1.82) is 0 Å². The van der Waals surface area contributed by atoms with Crippen molar-refractivity contribution in [1.82, 2.24) is 0 Å². The van der Waals surface area contributed by atoms with Crippen LogP contribution in [0.25, 0.3) is 0 Å². The van der Waals surface area contributed by atoms with Crippen molar-refractivity contribution < 1.29 is 82.0 Å². The Hall–Kier alpha value is -2.60. The second kappa shape index (κ2) is 40.8. The van der Waals surface area contributed by atoms with E-state index in [1.165, 1.54) is 51.4 Å². The second-order valence-corrected chi connectivity index (χ2v) is 20.3. The van der Waals surface area contributed by atoms with Crippen LogP contribution in [-0.2, 0) is 41.8 Å². The van der Waals surface area contributed by atoms with Gasteiger partial charge < -0.3 is 49.7 Å². The van der Waals surface area contributed by atoms with Crippen molar-refractivity contribution in [2.75, 3.05) is 13.2 Å². The van der Waals surface area contributed by atoms with Crippen molar-refractivity contribution in [3.05, 3.63) is 72.9 Å². The number of rotatable bonds is 42. The fourth-order valence-electron chi connectivity index (χ4n) is 7.30. The van der Waals surface area contributed by atoms with E-state index in [0.717, 1.165) is 64.2 Å². The Morgan fingerprint density at radius 1 is 0.529 bits per heavy atom. The molecule has 17 nitrogen and oxygen atoms in total. The molecule has 0 bridgehead atoms. The SMILES string of the molecule is CCCCC/C=C\C=C/[C@H](O)C/C=C\C/C=C/CCCC(=O)O[C@H](COC(=O)CCCCCCCCCCC/C=C\C/C=C\CCCCC)COP(=O)(O)O[C@H]1C(O)C(O)C(O)[C@@H](OP(=O)(O)O)C1O. The number of hydrogen-bond donors (Lipinski definition) is 8. The molecule has 0 amide bonds. The highest BCUT2D eigenvalue weighted by atomic mass is 31.2. The Morgan fingerprint density at radius 2 is 1.01 bits per heavy atom. The standard InChI is InChI=1S/C51H88O17P2/c1-3-5-7-9-11-12-13-14-15-16-17-18-19-20-21-22-26-30-34-38-44(53)64-40-43(41-65-70(62,63)68-51-48(57)46(55)47(56)50(49(51)58)67-69(59,60)61)66-45(54)39-35-31-27-23-25-29-33-37-42(52)36-32-28-24-10-8-6-4-2/h11-12,14-15,23-24,27-29,32-33,36,42-43,46-52,55-58H,3-10,13,16-22,25-26,30-31,34-35,37-41H2,1-2H3,(H,62,63)(H2,59,60,61)/b12-11-,15-14-,27-23+,28-24-,33-29-,36-32-/t42-,43+,46?,47?,48?,49?,50+,51-/m0/s1. The number of allylic oxidation sites excluding steroid dienone is 10. The summed E-state index contributed by atoms with van der Waals surface area (Å²) < 4.78 is 49.4. The van der Waals surface area contributed by atoms with E-state index in [0.29, 0.717) is 32.1 Å². The average molecular weight is 1040 g/mol. The van der Waals surface area contributed by atoms with Gasteiger partial charge in [0, 0.05) is 12.8 Å². The molecule has 1 rings (SSSR count). The molecule has 1 saturated carbocycles. The molecular formula is C51H88O17P2. The van der Waals surface area contributed by atoms with Gasteiger partial charge in [-0.1, -0.05) is 157 Å². The monoisotopic (exact) mass is 1030 g/mol. The molecule has 0 radical (unpaired) electrons. The van der Waals surface area contributed by atoms with Gasteiger partial charge >= 0.3 is 27.6 Å². The summed E-state index contributed by atoms with van der Waals surface area (Å²) in [6.07, 6.45) is 31.5. The molecule has 0 heterocycles. The lowest BCUT2D eigenvalue weighted by Crippen LogP contribution is -2.64. The van der Waals surface area contributed by atoms with E-state index in [9.17, 15) is 58.9 Å². The molecule has 1 aliphatic carbocycles. The Kier molecular flexibility index (Phi) is 38.2. The minimum Gasteiger partial charge on any atom is -0.462 e. The number of unbranched alkanes of at least 4 members (excludes halogenated alkanes) is 16. The normalized spacial score (nSPS) is 22.0. The zero-order chi connectivity index (χ0) is 51.9. The van der Waals surface area contributed by atoms with Crippen LogP contribution in [0.3, 0.4) is 0 Å². The van der Waals surface area contributed by atoms with Crippen molar-refractivity contribution in [2.45, 2.75) is 223 Å². The summed E-state index contributed by atoms with van der Waals surface area (Å²) in [5.41, 5.74) is 0. The van der Waals surface area contributed by atoms with E-state index in [1.807, 2.05) is 36.5 Å². The van der Waals surface area contributed by atoms with Crippen LogP contribution in [0.5, 0.6) is 0 Å². The molecule has 8 N–H and O–H groups in total. The van der Waals surface area contributed by atoms with Crippen molar-refractivity contribution in [2.24, 2.45) is 0 Å². The molecule has 0 spiro atoms. The molecule has 404 valence electrons. The summed E-state index contributed by atoms with van der Waals surface area (Å²) in [5.74, 6) is -1.32. The van der Waals surface area contributed by atoms with E-state index in [4.69, 9.17) is 18.5 Å². The Labute approximate surface area is 417 Å². The van der Waals surface area contributed by atoms with Gasteiger partial charge in [-0.25, -0.2) is 9.13 Å². The van der Waals surface area contributed by atoms with Crippen LogP contribution < -0.4 is 0 Å². The zero-order valence-electron chi connectivity index (χ0n) is 41.8. The van der Waals surface area contributed by atoms with E-state index < -0.39 is 89.6 Å². The zero-order valence-corrected chi connectivity index (χ0v) is 43.6. The van der Waals surface area contributed by atoms with Gasteiger partial charge in [-0.05, 0) is 77.0 Å². The molecule has 70 heavy (non-hydrogen) atoms. The van der Waals surface area contributed by atoms with Crippen molar-refractivity contribution >= 4 is 27.6 Å². The van der Waals surface area contributed by atoms with Gasteiger partial charge in [-0.2, -0.15) is 0 Å². The maximum absolute atomic E-state index is 13.0. The molecule has 9 atom stereocenters. The largest absolute Gasteiger partial charge is 0.472 e. The van der Waals surface area contributed by atoms with Crippen LogP contribution in [0, 0.1) is 0 Å². The van der Waals surface area contributed by atoms with Gasteiger partial charge in [0.2, 0.25) is 0 Å². The highest BCUT2D eigenvalue weighted by molar-refractivity contribution is 7.47. The number of aliphatic hydroxyl groups is 5. The summed E-state index contributed by atoms with van der Waals surface area (Å²) in [6, 6.07) is 0. The highest BCUT2D eigenvalue weighted by Gasteiger charge is 2.54. The predicted molar refractivity (Wildman–Crippen MR) is 270 cm³/mol. The number of phosphoric acid groups is 2. The molecule has 5 unspecified atom stereocenters. The lowest BCUT2D eigenvalue weighted by atomic mass is 9.85. The smallest absolute Gasteiger partial charge is 0.462 e. The van der Waals surface area contributed by atoms with E-state index >= 15 is 0 Å². The molecule has 1 fully saturated rings. The number of hydrogen-bond acceptors (Lipinski definition) is 14. The van der Waals surface area contributed by atoms with Crippen LogP contribution in [0.2, 0.25) is 0 Å². The third-order valence-corrected chi connectivity index (χ3v) is 12.8. The van der Waals surface area contributed by atoms with Gasteiger partial charge in [-0.15, -0.1) is 0 Å². The van der Waals surface area contributed by atoms with Gasteiger partial charge in [0.05, 0.1) is 12.7 Å². The highest BCUT2D eigenvalue weighted by Crippen LogP contribution is 2.49. The third kappa shape index (κ3) is 34.7. The maximum atomic E-state index is 13.0. The Balaban J connectivity index is 2.61. The van der Waals surface area contributed by atoms with E-state index in [1.54, 1.807) is 6.08 Å². The molecule has 0 aromatic heterocycles. The molecular weight excluding hydrogens is 946 g/mol. The van der Waals surface area contributed by atoms with Gasteiger partial charge in [-0.3, -0.25) is 23.2 Å². The van der Waals surface area contributed by atoms with Crippen LogP contribution in [0.15, 0.2) is 72.9 Å². The Bertz CT molecular complexity index is 1640. The van der Waals surface area contributed by atoms with E-state index in [2.05, 4.69) is 48.8 Å². The Morgan fingerprint density at radius 3 is 1.59 bits per heavy atom. The van der Waals surface area contributed by atoms with Crippen LogP contribution >= 0.6 is 15.6 Å². The molecule has 0 aliphatic heterocycles. The fraction of sp³-hybridized carbons (Fsp3) is 0.725. The van der Waals surface area contributed by atoms with Gasteiger partial charge in [0.1, 0.15) is 43.2 Å². The number of aliphatic hydroxyl groups excluding tert-OH is 5. The molecule has 0 aromatic rings. The predicted octanol–water partition coefficient (Wildman–Crippen LogP) is 9.37. The summed E-state index contributed by atoms with van der Waals surface area (Å²) in [5, 5.41) is 51.4. The molecule has 19 heteroatoms. The summed E-state index contributed by atoms with van der Waals surface area (Å²) in [7, 11) is -10.7. The minimum atomic E-state index is -5.38. The summed E-state index contributed by atoms with van der Waals surface area (Å²) >= 11 is 0. The number of phosphoric ester groups is 2. The maximum Gasteiger partial charge on any atom is 0.472 e. The molecule has 0 saturated heterocycles. The second-order valence-electron chi connectivity index (χ2n) is 17.7. The lowest BCUT2D eigenvalue weighted by Gasteiger charge is -2.43. The quantitative estimate of drug-likeness (QED) is 0.00929. The number of carbonyl (C=O) groups is 2. The van der Waals surface area contributed by atoms with Crippen molar-refractivity contribution in [3.63, 3.8) is 0 Å². The third-order valence-electron chi connectivity index (χ3n) is 11.3. The van der Waals surface area contributed by atoms with Crippen LogP contribution in [0.4, 0.5) is 0 Å². The first-order valence-electron chi connectivity index (χ1n) is 25.6. The molecule has 0 aromatic carbocycles. The number of ether oxygens (including phenoxy) is 2. The first kappa shape index (κ1) is 65.4. The van der Waals surface area contributed by atoms with Gasteiger partial charge in [0.15, 0.2) is 6.10 Å². The lowest BCUT2D eigenvalue weighted by molar-refractivity contribution is -0.216. The first-order valence-corrected chi connectivity index (χ1v) is 28.6. The molecule has 1 aliphatic rings. The first-order chi connectivity index (χ1) is 33.5. The van der Waals surface area contributed by atoms with Gasteiger partial charge in [0.25, 0.3) is 0 Å². The average Bonchev–Trinajstić information content (AvgIpc) is 3.31. The summed E-state index contributed by atoms with van der Waals surface area (Å²) in [6.45, 7) is 2.94. The van der Waals surface area contributed by atoms with E-state index in [-0.39, 0.29) is 12.8 Å². The minimum absolute atomic E-state index is 0.0696. The van der Waals surface area contributed by atoms with Crippen LogP contribution in [-0.4, -0.2) is 114 Å². The number of esters is 2.